The quantitative estimate of drug-likeness (QED) is 0.514. The van der Waals surface area contributed by atoms with Crippen LogP contribution in [0, 0.1) is 0 Å². The molecule has 3 nitrogen and oxygen atoms in total. The first kappa shape index (κ1) is 10.2. The second kappa shape index (κ2) is 5.70. The van der Waals surface area contributed by atoms with Crippen LogP contribution < -0.4 is 0 Å². The summed E-state index contributed by atoms with van der Waals surface area (Å²) in [5.74, 6) is 0. The molecular formula is C11H13N3. The van der Waals surface area contributed by atoms with Gasteiger partial charge in [-0.1, -0.05) is 48.7 Å². The molecule has 0 spiro atoms. The molecule has 0 saturated heterocycles. The van der Waals surface area contributed by atoms with Crippen LogP contribution in [-0.4, -0.2) is 5.01 Å². The van der Waals surface area contributed by atoms with Crippen molar-refractivity contribution in [3.63, 3.8) is 0 Å². The minimum atomic E-state index is 0.668. The average molecular weight is 187 g/mol. The summed E-state index contributed by atoms with van der Waals surface area (Å²) in [6, 6.07) is 10.0. The molecule has 14 heavy (non-hydrogen) atoms. The molecule has 0 aromatic heterocycles. The molecule has 0 amide bonds. The molecule has 0 aliphatic heterocycles. The highest BCUT2D eigenvalue weighted by atomic mass is 15.5. The summed E-state index contributed by atoms with van der Waals surface area (Å²) in [4.78, 5) is 0. The molecule has 3 heteroatoms. The van der Waals surface area contributed by atoms with Crippen LogP contribution in [0.2, 0.25) is 0 Å². The molecule has 1 aromatic carbocycles. The van der Waals surface area contributed by atoms with Crippen molar-refractivity contribution in [1.29, 1.82) is 0 Å². The van der Waals surface area contributed by atoms with Crippen molar-refractivity contribution in [2.45, 2.75) is 6.54 Å². The Kier molecular flexibility index (Phi) is 4.14. The van der Waals surface area contributed by atoms with Crippen LogP contribution >= 0.6 is 0 Å². The molecule has 72 valence electrons. The number of rotatable bonds is 5. The Labute approximate surface area is 84.1 Å². The zero-order valence-corrected chi connectivity index (χ0v) is 8.00. The van der Waals surface area contributed by atoms with Gasteiger partial charge in [0.15, 0.2) is 0 Å². The highest BCUT2D eigenvalue weighted by Gasteiger charge is 1.96. The third-order valence-electron chi connectivity index (χ3n) is 1.65. The lowest BCUT2D eigenvalue weighted by Crippen LogP contribution is -2.07. The van der Waals surface area contributed by atoms with Gasteiger partial charge in [-0.15, -0.1) is 5.11 Å². The van der Waals surface area contributed by atoms with E-state index in [0.29, 0.717) is 6.54 Å². The standard InChI is InChI=1S/C11H13N3/c1-3-12-13-14(4-2)10-11-8-6-5-7-9-11/h3-9H,1-2,10H2/b13-12-. The van der Waals surface area contributed by atoms with Gasteiger partial charge in [0.2, 0.25) is 0 Å². The average Bonchev–Trinajstić information content (AvgIpc) is 2.25. The Balaban J connectivity index is 2.61. The zero-order valence-electron chi connectivity index (χ0n) is 8.00. The first-order chi connectivity index (χ1) is 6.86. The van der Waals surface area contributed by atoms with E-state index in [9.17, 15) is 0 Å². The summed E-state index contributed by atoms with van der Waals surface area (Å²) in [6.07, 6.45) is 3.02. The van der Waals surface area contributed by atoms with Crippen molar-refractivity contribution >= 4 is 0 Å². The fraction of sp³-hybridized carbons (Fsp3) is 0.0909. The normalized spacial score (nSPS) is 10.0. The molecule has 0 saturated carbocycles. The molecule has 0 atom stereocenters. The van der Waals surface area contributed by atoms with Crippen LogP contribution in [0.1, 0.15) is 5.56 Å². The van der Waals surface area contributed by atoms with E-state index in [-0.39, 0.29) is 0 Å². The Morgan fingerprint density at radius 3 is 2.50 bits per heavy atom. The molecule has 1 rings (SSSR count). The van der Waals surface area contributed by atoms with Gasteiger partial charge >= 0.3 is 0 Å². The van der Waals surface area contributed by atoms with Gasteiger partial charge < -0.3 is 0 Å². The van der Waals surface area contributed by atoms with Crippen LogP contribution in [0.25, 0.3) is 0 Å². The summed E-state index contributed by atoms with van der Waals surface area (Å²) in [7, 11) is 0. The van der Waals surface area contributed by atoms with Crippen LogP contribution in [-0.2, 0) is 6.54 Å². The summed E-state index contributed by atoms with van der Waals surface area (Å²) in [5, 5.41) is 9.21. The maximum atomic E-state index is 3.88. The third kappa shape index (κ3) is 3.23. The van der Waals surface area contributed by atoms with Crippen LogP contribution in [0.3, 0.4) is 0 Å². The number of hydrogen-bond acceptors (Lipinski definition) is 2. The van der Waals surface area contributed by atoms with Crippen molar-refractivity contribution in [3.8, 4) is 0 Å². The Bertz CT molecular complexity index is 317. The summed E-state index contributed by atoms with van der Waals surface area (Å²) < 4.78 is 0. The van der Waals surface area contributed by atoms with E-state index >= 15 is 0 Å². The molecule has 0 heterocycles. The first-order valence-electron chi connectivity index (χ1n) is 4.31. The summed E-state index contributed by atoms with van der Waals surface area (Å²) >= 11 is 0. The van der Waals surface area contributed by atoms with Gasteiger partial charge in [-0.25, -0.2) is 0 Å². The fourth-order valence-corrected chi connectivity index (χ4v) is 1.01. The monoisotopic (exact) mass is 187 g/mol. The molecule has 0 unspecified atom stereocenters. The maximum Gasteiger partial charge on any atom is 0.0676 e. The predicted molar refractivity (Wildman–Crippen MR) is 57.2 cm³/mol. The third-order valence-corrected chi connectivity index (χ3v) is 1.65. The second-order valence-electron chi connectivity index (χ2n) is 2.65. The molecule has 1 aromatic rings. The minimum Gasteiger partial charge on any atom is -0.250 e. The lowest BCUT2D eigenvalue weighted by molar-refractivity contribution is 0.368. The Morgan fingerprint density at radius 1 is 1.21 bits per heavy atom. The molecule has 0 N–H and O–H groups in total. The van der Waals surface area contributed by atoms with Crippen molar-refractivity contribution in [3.05, 3.63) is 61.5 Å². The summed E-state index contributed by atoms with van der Waals surface area (Å²) in [6.45, 7) is 7.77. The lowest BCUT2D eigenvalue weighted by Gasteiger charge is -2.11. The number of hydrogen-bond donors (Lipinski definition) is 0. The van der Waals surface area contributed by atoms with Gasteiger partial charge in [-0.3, -0.25) is 5.01 Å². The zero-order chi connectivity index (χ0) is 10.2. The topological polar surface area (TPSA) is 28.0 Å². The molecule has 0 bridgehead atoms. The molecule has 0 radical (unpaired) electrons. The largest absolute Gasteiger partial charge is 0.250 e. The number of nitrogens with zero attached hydrogens (tertiary/aromatic N) is 3. The van der Waals surface area contributed by atoms with Gasteiger partial charge in [0.25, 0.3) is 0 Å². The van der Waals surface area contributed by atoms with Crippen LogP contribution in [0.5, 0.6) is 0 Å². The van der Waals surface area contributed by atoms with E-state index in [2.05, 4.69) is 23.5 Å². The highest BCUT2D eigenvalue weighted by Crippen LogP contribution is 2.04. The highest BCUT2D eigenvalue weighted by molar-refractivity contribution is 5.14. The number of benzene rings is 1. The smallest absolute Gasteiger partial charge is 0.0676 e. The van der Waals surface area contributed by atoms with Gasteiger partial charge in [-0.05, 0) is 5.56 Å². The Morgan fingerprint density at radius 2 is 1.93 bits per heavy atom. The van der Waals surface area contributed by atoms with E-state index in [4.69, 9.17) is 0 Å². The molecule has 0 aliphatic carbocycles. The SMILES string of the molecule is C=C/N=N\N(C=C)Cc1ccccc1. The van der Waals surface area contributed by atoms with Crippen LogP contribution in [0.15, 0.2) is 66.2 Å². The van der Waals surface area contributed by atoms with E-state index in [0.717, 1.165) is 5.56 Å². The van der Waals surface area contributed by atoms with Crippen molar-refractivity contribution in [2.75, 3.05) is 0 Å². The predicted octanol–water partition coefficient (Wildman–Crippen LogP) is 3.14. The maximum absolute atomic E-state index is 3.88. The Hall–Kier alpha value is -1.90. The van der Waals surface area contributed by atoms with Crippen LogP contribution in [0.4, 0.5) is 0 Å². The van der Waals surface area contributed by atoms with Crippen molar-refractivity contribution in [2.24, 2.45) is 10.3 Å². The van der Waals surface area contributed by atoms with Gasteiger partial charge in [0.1, 0.15) is 0 Å². The van der Waals surface area contributed by atoms with Crippen molar-refractivity contribution in [1.82, 2.24) is 5.01 Å². The minimum absolute atomic E-state index is 0.668. The van der Waals surface area contributed by atoms with Crippen molar-refractivity contribution < 1.29 is 0 Å². The van der Waals surface area contributed by atoms with E-state index in [1.54, 1.807) is 11.2 Å². The van der Waals surface area contributed by atoms with E-state index in [1.807, 2.05) is 30.3 Å². The van der Waals surface area contributed by atoms with Gasteiger partial charge in [-0.2, -0.15) is 0 Å². The van der Waals surface area contributed by atoms with E-state index < -0.39 is 0 Å². The molecule has 0 aliphatic rings. The molecular weight excluding hydrogens is 174 g/mol. The fourth-order valence-electron chi connectivity index (χ4n) is 1.01. The van der Waals surface area contributed by atoms with E-state index in [1.165, 1.54) is 6.20 Å². The lowest BCUT2D eigenvalue weighted by atomic mass is 10.2. The summed E-state index contributed by atoms with van der Waals surface area (Å²) in [5.41, 5.74) is 1.16. The van der Waals surface area contributed by atoms with Gasteiger partial charge in [0.05, 0.1) is 6.54 Å². The first-order valence-corrected chi connectivity index (χ1v) is 4.31. The van der Waals surface area contributed by atoms with Gasteiger partial charge in [0, 0.05) is 12.4 Å². The second-order valence-corrected chi connectivity index (χ2v) is 2.65. The molecule has 0 fully saturated rings.